The van der Waals surface area contributed by atoms with E-state index in [2.05, 4.69) is 26.2 Å². The zero-order chi connectivity index (χ0) is 8.97. The summed E-state index contributed by atoms with van der Waals surface area (Å²) < 4.78 is 0.858. The average Bonchev–Trinajstić information content (AvgIpc) is 2.04. The van der Waals surface area contributed by atoms with Crippen molar-refractivity contribution in [1.82, 2.24) is 4.98 Å². The SMILES string of the molecule is CCC(=O)Nc1cncc(Br)c1. The molecular weight excluding hydrogens is 220 g/mol. The molecule has 3 nitrogen and oxygen atoms in total. The predicted molar refractivity (Wildman–Crippen MR) is 50.9 cm³/mol. The van der Waals surface area contributed by atoms with Crippen molar-refractivity contribution < 1.29 is 4.79 Å². The monoisotopic (exact) mass is 228 g/mol. The molecule has 0 unspecified atom stereocenters. The highest BCUT2D eigenvalue weighted by molar-refractivity contribution is 9.10. The molecular formula is C8H9BrN2O. The number of nitrogens with one attached hydrogen (secondary N) is 1. The number of aromatic nitrogens is 1. The molecule has 64 valence electrons. The van der Waals surface area contributed by atoms with Gasteiger partial charge in [-0.15, -0.1) is 0 Å². The summed E-state index contributed by atoms with van der Waals surface area (Å²) in [6.07, 6.45) is 3.76. The van der Waals surface area contributed by atoms with E-state index in [9.17, 15) is 4.79 Å². The van der Waals surface area contributed by atoms with Crippen LogP contribution >= 0.6 is 15.9 Å². The van der Waals surface area contributed by atoms with Gasteiger partial charge in [0, 0.05) is 17.1 Å². The number of carbonyl (C=O) groups is 1. The minimum absolute atomic E-state index is 0.00472. The van der Waals surface area contributed by atoms with Crippen LogP contribution in [0.4, 0.5) is 5.69 Å². The Morgan fingerprint density at radius 3 is 3.00 bits per heavy atom. The lowest BCUT2D eigenvalue weighted by Crippen LogP contribution is -2.09. The fraction of sp³-hybridized carbons (Fsp3) is 0.250. The highest BCUT2D eigenvalue weighted by Crippen LogP contribution is 2.13. The zero-order valence-electron chi connectivity index (χ0n) is 6.67. The predicted octanol–water partition coefficient (Wildman–Crippen LogP) is 2.19. The third-order valence-electron chi connectivity index (χ3n) is 1.31. The Morgan fingerprint density at radius 2 is 2.42 bits per heavy atom. The van der Waals surface area contributed by atoms with E-state index < -0.39 is 0 Å². The zero-order valence-corrected chi connectivity index (χ0v) is 8.26. The molecule has 1 amide bonds. The average molecular weight is 229 g/mol. The summed E-state index contributed by atoms with van der Waals surface area (Å²) in [6, 6.07) is 1.81. The van der Waals surface area contributed by atoms with E-state index in [1.54, 1.807) is 25.4 Å². The molecule has 1 N–H and O–H groups in total. The molecule has 1 aromatic heterocycles. The molecule has 12 heavy (non-hydrogen) atoms. The largest absolute Gasteiger partial charge is 0.325 e. The second-order valence-corrected chi connectivity index (χ2v) is 3.21. The summed E-state index contributed by atoms with van der Waals surface area (Å²) in [6.45, 7) is 1.81. The maximum Gasteiger partial charge on any atom is 0.224 e. The van der Waals surface area contributed by atoms with E-state index in [1.807, 2.05) is 0 Å². The van der Waals surface area contributed by atoms with Crippen molar-refractivity contribution >= 4 is 27.5 Å². The van der Waals surface area contributed by atoms with Crippen molar-refractivity contribution in [3.05, 3.63) is 22.9 Å². The summed E-state index contributed by atoms with van der Waals surface area (Å²) >= 11 is 3.26. The van der Waals surface area contributed by atoms with Crippen LogP contribution in [0.3, 0.4) is 0 Å². The van der Waals surface area contributed by atoms with Gasteiger partial charge in [-0.25, -0.2) is 0 Å². The topological polar surface area (TPSA) is 42.0 Å². The van der Waals surface area contributed by atoms with Gasteiger partial charge in [-0.1, -0.05) is 6.92 Å². The Balaban J connectivity index is 2.69. The van der Waals surface area contributed by atoms with E-state index in [0.717, 1.165) is 10.2 Å². The number of hydrogen-bond donors (Lipinski definition) is 1. The minimum atomic E-state index is -0.00472. The van der Waals surface area contributed by atoms with Crippen molar-refractivity contribution in [3.63, 3.8) is 0 Å². The van der Waals surface area contributed by atoms with Crippen LogP contribution in [0, 0.1) is 0 Å². The minimum Gasteiger partial charge on any atom is -0.325 e. The van der Waals surface area contributed by atoms with Gasteiger partial charge >= 0.3 is 0 Å². The number of halogens is 1. The molecule has 0 aromatic carbocycles. The smallest absolute Gasteiger partial charge is 0.224 e. The van der Waals surface area contributed by atoms with Crippen LogP contribution < -0.4 is 5.32 Å². The third kappa shape index (κ3) is 2.62. The molecule has 0 bridgehead atoms. The van der Waals surface area contributed by atoms with Crippen molar-refractivity contribution in [2.24, 2.45) is 0 Å². The van der Waals surface area contributed by atoms with Crippen LogP contribution in [-0.2, 0) is 4.79 Å². The van der Waals surface area contributed by atoms with Crippen LogP contribution in [-0.4, -0.2) is 10.9 Å². The molecule has 0 saturated heterocycles. The molecule has 0 saturated carbocycles. The number of anilines is 1. The summed E-state index contributed by atoms with van der Waals surface area (Å²) in [4.78, 5) is 14.8. The quantitative estimate of drug-likeness (QED) is 0.844. The molecule has 0 spiro atoms. The van der Waals surface area contributed by atoms with Gasteiger partial charge in [0.1, 0.15) is 0 Å². The maximum absolute atomic E-state index is 10.9. The molecule has 0 atom stereocenters. The van der Waals surface area contributed by atoms with Gasteiger partial charge in [0.2, 0.25) is 5.91 Å². The van der Waals surface area contributed by atoms with Crippen LogP contribution in [0.2, 0.25) is 0 Å². The first-order valence-corrected chi connectivity index (χ1v) is 4.42. The Bertz CT molecular complexity index is 288. The van der Waals surface area contributed by atoms with Gasteiger partial charge in [-0.2, -0.15) is 0 Å². The summed E-state index contributed by atoms with van der Waals surface area (Å²) in [5.41, 5.74) is 0.719. The van der Waals surface area contributed by atoms with Gasteiger partial charge in [-0.05, 0) is 22.0 Å². The normalized spacial score (nSPS) is 9.50. The second-order valence-electron chi connectivity index (χ2n) is 2.29. The fourth-order valence-electron chi connectivity index (χ4n) is 0.730. The summed E-state index contributed by atoms with van der Waals surface area (Å²) in [5.74, 6) is -0.00472. The maximum atomic E-state index is 10.9. The van der Waals surface area contributed by atoms with Crippen LogP contribution in [0.15, 0.2) is 22.9 Å². The number of hydrogen-bond acceptors (Lipinski definition) is 2. The van der Waals surface area contributed by atoms with E-state index in [-0.39, 0.29) is 5.91 Å². The molecule has 0 aliphatic carbocycles. The van der Waals surface area contributed by atoms with Crippen LogP contribution in [0.1, 0.15) is 13.3 Å². The van der Waals surface area contributed by atoms with Crippen molar-refractivity contribution in [2.45, 2.75) is 13.3 Å². The Morgan fingerprint density at radius 1 is 1.67 bits per heavy atom. The molecule has 1 aromatic rings. The molecule has 0 fully saturated rings. The standard InChI is InChI=1S/C8H9BrN2O/c1-2-8(12)11-7-3-6(9)4-10-5-7/h3-5H,2H2,1H3,(H,11,12). The first-order valence-electron chi connectivity index (χ1n) is 3.62. The number of nitrogens with zero attached hydrogens (tertiary/aromatic N) is 1. The van der Waals surface area contributed by atoms with E-state index >= 15 is 0 Å². The number of carbonyl (C=O) groups excluding carboxylic acids is 1. The molecule has 0 aliphatic rings. The second kappa shape index (κ2) is 4.21. The van der Waals surface area contributed by atoms with Crippen LogP contribution in [0.25, 0.3) is 0 Å². The number of rotatable bonds is 2. The lowest BCUT2D eigenvalue weighted by atomic mass is 10.4. The Hall–Kier alpha value is -0.900. The van der Waals surface area contributed by atoms with E-state index in [4.69, 9.17) is 0 Å². The van der Waals surface area contributed by atoms with Gasteiger partial charge in [0.15, 0.2) is 0 Å². The Kier molecular flexibility index (Phi) is 3.22. The van der Waals surface area contributed by atoms with E-state index in [0.29, 0.717) is 6.42 Å². The lowest BCUT2D eigenvalue weighted by Gasteiger charge is -2.01. The third-order valence-corrected chi connectivity index (χ3v) is 1.74. The summed E-state index contributed by atoms with van der Waals surface area (Å²) in [5, 5.41) is 2.70. The molecule has 1 rings (SSSR count). The lowest BCUT2D eigenvalue weighted by molar-refractivity contribution is -0.115. The number of pyridine rings is 1. The first-order chi connectivity index (χ1) is 5.72. The van der Waals surface area contributed by atoms with Crippen LogP contribution in [0.5, 0.6) is 0 Å². The van der Waals surface area contributed by atoms with Crippen molar-refractivity contribution in [1.29, 1.82) is 0 Å². The molecule has 0 aliphatic heterocycles. The van der Waals surface area contributed by atoms with Crippen molar-refractivity contribution in [3.8, 4) is 0 Å². The fourth-order valence-corrected chi connectivity index (χ4v) is 1.09. The van der Waals surface area contributed by atoms with Crippen molar-refractivity contribution in [2.75, 3.05) is 5.32 Å². The van der Waals surface area contributed by atoms with Gasteiger partial charge in [0.25, 0.3) is 0 Å². The molecule has 4 heteroatoms. The highest BCUT2D eigenvalue weighted by atomic mass is 79.9. The highest BCUT2D eigenvalue weighted by Gasteiger charge is 1.98. The van der Waals surface area contributed by atoms with E-state index in [1.165, 1.54) is 0 Å². The van der Waals surface area contributed by atoms with Gasteiger partial charge in [-0.3, -0.25) is 9.78 Å². The molecule has 0 radical (unpaired) electrons. The number of amides is 1. The first kappa shape index (κ1) is 9.19. The summed E-state index contributed by atoms with van der Waals surface area (Å²) in [7, 11) is 0. The molecule has 1 heterocycles. The van der Waals surface area contributed by atoms with Gasteiger partial charge in [0.05, 0.1) is 11.9 Å². The van der Waals surface area contributed by atoms with Gasteiger partial charge < -0.3 is 5.32 Å². The Labute approximate surface area is 79.3 Å².